The van der Waals surface area contributed by atoms with Crippen LogP contribution in [0.2, 0.25) is 0 Å². The normalized spacial score (nSPS) is 25.7. The van der Waals surface area contributed by atoms with Gasteiger partial charge in [0.25, 0.3) is 0 Å². The van der Waals surface area contributed by atoms with E-state index in [2.05, 4.69) is 0 Å². The van der Waals surface area contributed by atoms with Crippen LogP contribution in [0.1, 0.15) is 41.5 Å². The van der Waals surface area contributed by atoms with Gasteiger partial charge in [0, 0.05) is 0 Å². The third-order valence-electron chi connectivity index (χ3n) is 4.11. The number of carbonyl (C=O) groups excluding carboxylic acids is 6. The molecule has 0 aromatic carbocycles. The topological polar surface area (TPSA) is 167 Å². The molecule has 1 heterocycles. The summed E-state index contributed by atoms with van der Waals surface area (Å²) < 4.78 is 35.3. The summed E-state index contributed by atoms with van der Waals surface area (Å²) in [4.78, 5) is 70.8. The van der Waals surface area contributed by atoms with Gasteiger partial charge in [-0.1, -0.05) is 0 Å². The molecule has 0 radical (unpaired) electrons. The predicted molar refractivity (Wildman–Crippen MR) is 107 cm³/mol. The average Bonchev–Trinajstić information content (AvgIpc) is 2.63. The van der Waals surface area contributed by atoms with Gasteiger partial charge in [-0.2, -0.15) is 0 Å². The van der Waals surface area contributed by atoms with E-state index in [4.69, 9.17) is 33.2 Å². The summed E-state index contributed by atoms with van der Waals surface area (Å²) in [5, 5.41) is 0. The van der Waals surface area contributed by atoms with Gasteiger partial charge in [-0.15, -0.1) is 0 Å². The summed E-state index contributed by atoms with van der Waals surface area (Å²) in [6.07, 6.45) is -4.84. The van der Waals surface area contributed by atoms with Crippen LogP contribution in [-0.4, -0.2) is 94.4 Å². The van der Waals surface area contributed by atoms with Crippen LogP contribution in [0.5, 0.6) is 0 Å². The molecule has 0 bridgehead atoms. The molecule has 0 N–H and O–H groups in total. The van der Waals surface area contributed by atoms with Gasteiger partial charge in [-0.05, 0) is 0 Å². The van der Waals surface area contributed by atoms with Gasteiger partial charge >= 0.3 is 198 Å². The van der Waals surface area contributed by atoms with E-state index in [1.807, 2.05) is 0 Å². The first-order valence-electron chi connectivity index (χ1n) is 9.59. The van der Waals surface area contributed by atoms with Crippen molar-refractivity contribution in [2.45, 2.75) is 70.0 Å². The molecule has 0 aromatic rings. The van der Waals surface area contributed by atoms with Crippen molar-refractivity contribution in [1.82, 2.24) is 0 Å². The van der Waals surface area contributed by atoms with E-state index in [1.54, 1.807) is 0 Å². The first-order valence-corrected chi connectivity index (χ1v) is 10.8. The zero-order chi connectivity index (χ0) is 25.6. The van der Waals surface area contributed by atoms with Gasteiger partial charge in [0.15, 0.2) is 0 Å². The Kier molecular flexibility index (Phi) is 9.85. The Labute approximate surface area is 198 Å². The van der Waals surface area contributed by atoms with E-state index in [9.17, 15) is 28.8 Å². The number of hydrogen-bond acceptors (Lipinski definition) is 13. The summed E-state index contributed by atoms with van der Waals surface area (Å²) in [5.41, 5.74) is -2.02. The van der Waals surface area contributed by atoms with Crippen LogP contribution in [0, 0.1) is 0 Å². The van der Waals surface area contributed by atoms with Crippen molar-refractivity contribution >= 4 is 52.7 Å². The minimum absolute atomic E-state index is 0.574. The first kappa shape index (κ1) is 28.4. The van der Waals surface area contributed by atoms with Crippen molar-refractivity contribution in [2.75, 3.05) is 13.2 Å². The third-order valence-corrected chi connectivity index (χ3v) is 5.29. The monoisotopic (exact) mass is 538 g/mol. The summed E-state index contributed by atoms with van der Waals surface area (Å²) >= 11 is 0.574. The average molecular weight is 538 g/mol. The zero-order valence-electron chi connectivity index (χ0n) is 19.0. The molecule has 33 heavy (non-hydrogen) atoms. The van der Waals surface area contributed by atoms with Crippen LogP contribution in [0.4, 0.5) is 0 Å². The molecule has 0 saturated carbocycles. The molecule has 1 rings (SSSR count). The molecule has 1 fully saturated rings. The molecule has 1 saturated heterocycles. The maximum absolute atomic E-state index is 12.0. The molecule has 0 spiro atoms. The van der Waals surface area contributed by atoms with E-state index in [0.717, 1.165) is 41.5 Å². The quantitative estimate of drug-likeness (QED) is 0.200. The number of carbonyl (C=O) groups is 6. The molecule has 1 aliphatic rings. The van der Waals surface area contributed by atoms with Gasteiger partial charge in [0.1, 0.15) is 0 Å². The number of rotatable bonds is 8. The predicted octanol–water partition coefficient (Wildman–Crippen LogP) is -1.47. The Morgan fingerprint density at radius 1 is 0.667 bits per heavy atom. The fraction of sp³-hybridized carbons (Fsp3) is 0.684. The minimum atomic E-state index is -2.10. The van der Waals surface area contributed by atoms with Crippen molar-refractivity contribution < 1.29 is 61.9 Å². The molecule has 186 valence electrons. The molecular formula is C19H27AsO13. The molecule has 0 aliphatic carbocycles. The van der Waals surface area contributed by atoms with Gasteiger partial charge in [-0.3, -0.25) is 0 Å². The Morgan fingerprint density at radius 2 is 1.09 bits per heavy atom. The van der Waals surface area contributed by atoms with Crippen molar-refractivity contribution in [2.24, 2.45) is 0 Å². The fourth-order valence-corrected chi connectivity index (χ4v) is 4.51. The third kappa shape index (κ3) is 8.00. The summed E-state index contributed by atoms with van der Waals surface area (Å²) in [5.74, 6) is -5.01. The Bertz CT molecular complexity index is 792. The second-order valence-corrected chi connectivity index (χ2v) is 8.86. The van der Waals surface area contributed by atoms with Gasteiger partial charge in [0.05, 0.1) is 0 Å². The summed E-state index contributed by atoms with van der Waals surface area (Å²) in [7, 11) is 0. The summed E-state index contributed by atoms with van der Waals surface area (Å²) in [6, 6.07) is 0. The van der Waals surface area contributed by atoms with E-state index >= 15 is 0 Å². The van der Waals surface area contributed by atoms with E-state index < -0.39 is 77.5 Å². The Hall–Kier alpha value is -2.66. The molecule has 0 amide bonds. The zero-order valence-corrected chi connectivity index (χ0v) is 21.5. The molecule has 0 aromatic heterocycles. The van der Waals surface area contributed by atoms with Crippen LogP contribution in [-0.2, 0) is 61.9 Å². The van der Waals surface area contributed by atoms with Gasteiger partial charge in [0.2, 0.25) is 0 Å². The second-order valence-electron chi connectivity index (χ2n) is 7.18. The van der Waals surface area contributed by atoms with Crippen LogP contribution in [0.15, 0.2) is 0 Å². The van der Waals surface area contributed by atoms with Crippen molar-refractivity contribution in [3.8, 4) is 0 Å². The molecular weight excluding hydrogens is 511 g/mol. The maximum atomic E-state index is 12.0. The van der Waals surface area contributed by atoms with E-state index in [-0.39, 0.29) is 0 Å². The van der Waals surface area contributed by atoms with Crippen LogP contribution in [0.25, 0.3) is 0 Å². The Balaban J connectivity index is 3.80. The van der Waals surface area contributed by atoms with E-state index in [1.165, 1.54) is 0 Å². The molecule has 5 atom stereocenters. The SMILES string of the molecule is CC(=O)OCC1(COC(C)=O)OC([AsH2])(OC(C)=O)C(OC(C)=O)C(OC(C)=O)C1OC(C)=O. The Morgan fingerprint density at radius 3 is 1.45 bits per heavy atom. The molecule has 5 unspecified atom stereocenters. The van der Waals surface area contributed by atoms with Crippen molar-refractivity contribution in [3.05, 3.63) is 0 Å². The molecule has 1 aliphatic heterocycles. The number of esters is 6. The number of hydrogen-bond donors (Lipinski definition) is 0. The molecule has 13 nitrogen and oxygen atoms in total. The van der Waals surface area contributed by atoms with Gasteiger partial charge < -0.3 is 0 Å². The van der Waals surface area contributed by atoms with Crippen molar-refractivity contribution in [1.29, 1.82) is 0 Å². The van der Waals surface area contributed by atoms with E-state index in [0.29, 0.717) is 16.9 Å². The van der Waals surface area contributed by atoms with Crippen LogP contribution < -0.4 is 0 Å². The standard InChI is InChI=1S/C19H27AsO13/c1-9(21)27-7-18(8-28-10(2)22)16(30-12(4)24)15(29-11(3)23)17(31-13(5)25)19(20,33-18)32-14(6)26/h15-17H,7-8,20H2,1-6H3. The molecule has 14 heteroatoms. The fourth-order valence-electron chi connectivity index (χ4n) is 3.13. The van der Waals surface area contributed by atoms with Gasteiger partial charge in [-0.25, -0.2) is 0 Å². The first-order chi connectivity index (χ1) is 15.1. The summed E-state index contributed by atoms with van der Waals surface area (Å²) in [6.45, 7) is 5.00. The van der Waals surface area contributed by atoms with Crippen LogP contribution in [0.3, 0.4) is 0 Å². The number of ether oxygens (including phenoxy) is 7. The van der Waals surface area contributed by atoms with Crippen molar-refractivity contribution in [3.63, 3.8) is 0 Å². The van der Waals surface area contributed by atoms with Crippen LogP contribution >= 0.6 is 0 Å². The second kappa shape index (κ2) is 11.5.